The molecule has 0 saturated carbocycles. The molecule has 1 aliphatic rings. The van der Waals surface area contributed by atoms with Gasteiger partial charge in [-0.2, -0.15) is 0 Å². The molecule has 1 aliphatic heterocycles. The van der Waals surface area contributed by atoms with Gasteiger partial charge in [0.1, 0.15) is 0 Å². The van der Waals surface area contributed by atoms with E-state index in [2.05, 4.69) is 15.5 Å². The molecule has 0 aromatic carbocycles. The normalized spacial score (nSPS) is 19.1. The summed E-state index contributed by atoms with van der Waals surface area (Å²) in [6.45, 7) is 8.83. The van der Waals surface area contributed by atoms with Gasteiger partial charge in [-0.15, -0.1) is 0 Å². The highest BCUT2D eigenvalue weighted by Crippen LogP contribution is 2.08. The van der Waals surface area contributed by atoms with Crippen LogP contribution in [0.2, 0.25) is 0 Å². The van der Waals surface area contributed by atoms with E-state index in [0.717, 1.165) is 19.6 Å². The summed E-state index contributed by atoms with van der Waals surface area (Å²) in [5.41, 5.74) is 5.72. The molecular formula is C15H30N4O2. The minimum absolute atomic E-state index is 0.0103. The van der Waals surface area contributed by atoms with Crippen molar-refractivity contribution in [1.29, 1.82) is 0 Å². The van der Waals surface area contributed by atoms with Gasteiger partial charge in [0.15, 0.2) is 0 Å². The Morgan fingerprint density at radius 2 is 1.76 bits per heavy atom. The average Bonchev–Trinajstić information content (AvgIpc) is 2.44. The Morgan fingerprint density at radius 3 is 2.33 bits per heavy atom. The number of hydrogen-bond donors (Lipinski definition) is 3. The Bertz CT molecular complexity index is 341. The smallest absolute Gasteiger partial charge is 0.239 e. The number of likely N-dealkylation sites (tertiary alicyclic amines) is 1. The topological polar surface area (TPSA) is 87.5 Å². The van der Waals surface area contributed by atoms with Gasteiger partial charge in [0.05, 0.1) is 12.6 Å². The summed E-state index contributed by atoms with van der Waals surface area (Å²) in [6.07, 6.45) is 3.78. The molecule has 21 heavy (non-hydrogen) atoms. The van der Waals surface area contributed by atoms with E-state index >= 15 is 0 Å². The van der Waals surface area contributed by atoms with Crippen molar-refractivity contribution < 1.29 is 9.59 Å². The first-order valence-corrected chi connectivity index (χ1v) is 7.95. The van der Waals surface area contributed by atoms with Crippen LogP contribution in [0.3, 0.4) is 0 Å². The summed E-state index contributed by atoms with van der Waals surface area (Å²) in [5, 5.41) is 5.50. The number of rotatable bonds is 7. The van der Waals surface area contributed by atoms with Crippen LogP contribution in [0.1, 0.15) is 40.0 Å². The van der Waals surface area contributed by atoms with E-state index in [0.29, 0.717) is 0 Å². The highest BCUT2D eigenvalue weighted by atomic mass is 16.2. The molecule has 2 atom stereocenters. The summed E-state index contributed by atoms with van der Waals surface area (Å²) in [5.74, 6) is -0.376. The second kappa shape index (κ2) is 9.00. The van der Waals surface area contributed by atoms with E-state index in [1.807, 2.05) is 20.8 Å². The fraction of sp³-hybridized carbons (Fsp3) is 0.867. The maximum absolute atomic E-state index is 11.8. The van der Waals surface area contributed by atoms with Crippen molar-refractivity contribution in [3.05, 3.63) is 0 Å². The van der Waals surface area contributed by atoms with Crippen molar-refractivity contribution in [1.82, 2.24) is 15.5 Å². The molecule has 0 aliphatic carbocycles. The number of piperidine rings is 1. The molecule has 6 heteroatoms. The predicted molar refractivity (Wildman–Crippen MR) is 83.7 cm³/mol. The Hall–Kier alpha value is -1.14. The third-order valence-electron chi connectivity index (χ3n) is 3.83. The summed E-state index contributed by atoms with van der Waals surface area (Å²) in [4.78, 5) is 25.9. The van der Waals surface area contributed by atoms with Crippen molar-refractivity contribution in [2.24, 2.45) is 11.7 Å². The molecule has 0 radical (unpaired) electrons. The number of nitrogens with zero attached hydrogens (tertiary/aromatic N) is 1. The molecule has 1 fully saturated rings. The van der Waals surface area contributed by atoms with E-state index < -0.39 is 6.04 Å². The number of carbonyl (C=O) groups excluding carboxylic acids is 2. The lowest BCUT2D eigenvalue weighted by molar-refractivity contribution is -0.127. The van der Waals surface area contributed by atoms with Gasteiger partial charge in [-0.25, -0.2) is 0 Å². The van der Waals surface area contributed by atoms with Crippen LogP contribution < -0.4 is 16.4 Å². The summed E-state index contributed by atoms with van der Waals surface area (Å²) in [7, 11) is 0. The Balaban J connectivity index is 2.21. The van der Waals surface area contributed by atoms with Crippen LogP contribution in [-0.2, 0) is 9.59 Å². The summed E-state index contributed by atoms with van der Waals surface area (Å²) < 4.78 is 0. The highest BCUT2D eigenvalue weighted by Gasteiger charge is 2.19. The van der Waals surface area contributed by atoms with Gasteiger partial charge < -0.3 is 21.3 Å². The van der Waals surface area contributed by atoms with Crippen molar-refractivity contribution in [2.75, 3.05) is 26.2 Å². The number of amides is 2. The zero-order valence-electron chi connectivity index (χ0n) is 13.5. The summed E-state index contributed by atoms with van der Waals surface area (Å²) >= 11 is 0. The first-order chi connectivity index (χ1) is 9.90. The first kappa shape index (κ1) is 17.9. The minimum atomic E-state index is -0.566. The van der Waals surface area contributed by atoms with Crippen LogP contribution in [0.4, 0.5) is 0 Å². The quantitative estimate of drug-likeness (QED) is 0.621. The predicted octanol–water partition coefficient (Wildman–Crippen LogP) is 0.0765. The monoisotopic (exact) mass is 298 g/mol. The number of nitrogens with one attached hydrogen (secondary N) is 2. The molecule has 2 amide bonds. The third kappa shape index (κ3) is 6.91. The van der Waals surface area contributed by atoms with Gasteiger partial charge in [0.25, 0.3) is 0 Å². The molecule has 1 heterocycles. The van der Waals surface area contributed by atoms with E-state index in [4.69, 9.17) is 5.73 Å². The van der Waals surface area contributed by atoms with Crippen LogP contribution in [0, 0.1) is 5.92 Å². The third-order valence-corrected chi connectivity index (χ3v) is 3.83. The number of hydrogen-bond acceptors (Lipinski definition) is 4. The fourth-order valence-corrected chi connectivity index (χ4v) is 2.49. The van der Waals surface area contributed by atoms with Gasteiger partial charge in [0.2, 0.25) is 11.8 Å². The van der Waals surface area contributed by atoms with Crippen LogP contribution in [0.15, 0.2) is 0 Å². The molecule has 6 nitrogen and oxygen atoms in total. The highest BCUT2D eigenvalue weighted by molar-refractivity contribution is 5.87. The number of carbonyl (C=O) groups is 2. The zero-order valence-corrected chi connectivity index (χ0v) is 13.5. The zero-order chi connectivity index (χ0) is 15.8. The van der Waals surface area contributed by atoms with Crippen LogP contribution in [0.25, 0.3) is 0 Å². The molecule has 0 bridgehead atoms. The minimum Gasteiger partial charge on any atom is -0.351 e. The molecule has 1 unspecified atom stereocenters. The Morgan fingerprint density at radius 1 is 1.14 bits per heavy atom. The summed E-state index contributed by atoms with van der Waals surface area (Å²) in [6, 6.07) is -0.477. The van der Waals surface area contributed by atoms with E-state index in [9.17, 15) is 9.59 Å². The first-order valence-electron chi connectivity index (χ1n) is 7.95. The molecule has 0 spiro atoms. The Kier molecular flexibility index (Phi) is 7.67. The van der Waals surface area contributed by atoms with E-state index in [1.54, 1.807) is 0 Å². The van der Waals surface area contributed by atoms with E-state index in [1.165, 1.54) is 19.3 Å². The largest absolute Gasteiger partial charge is 0.351 e. The number of nitrogens with two attached hydrogens (primary N) is 1. The van der Waals surface area contributed by atoms with Crippen LogP contribution in [-0.4, -0.2) is 55.0 Å². The second-order valence-corrected chi connectivity index (χ2v) is 6.32. The van der Waals surface area contributed by atoms with Crippen LogP contribution >= 0.6 is 0 Å². The SMILES string of the molecule is CC(CN1CCCCC1)NC(=O)CNC(=O)[C@@H](N)C(C)C. The molecule has 0 aromatic rings. The molecule has 122 valence electrons. The van der Waals surface area contributed by atoms with Crippen molar-refractivity contribution >= 4 is 11.8 Å². The fourth-order valence-electron chi connectivity index (χ4n) is 2.49. The molecule has 1 saturated heterocycles. The van der Waals surface area contributed by atoms with Gasteiger partial charge in [-0.3, -0.25) is 9.59 Å². The van der Waals surface area contributed by atoms with Gasteiger partial charge in [-0.05, 0) is 38.8 Å². The molecule has 4 N–H and O–H groups in total. The van der Waals surface area contributed by atoms with Crippen LogP contribution in [0.5, 0.6) is 0 Å². The van der Waals surface area contributed by atoms with E-state index in [-0.39, 0.29) is 30.3 Å². The maximum Gasteiger partial charge on any atom is 0.239 e. The lowest BCUT2D eigenvalue weighted by Crippen LogP contribution is -2.49. The van der Waals surface area contributed by atoms with Crippen molar-refractivity contribution in [3.8, 4) is 0 Å². The van der Waals surface area contributed by atoms with Gasteiger partial charge in [0, 0.05) is 12.6 Å². The van der Waals surface area contributed by atoms with Crippen molar-refractivity contribution in [3.63, 3.8) is 0 Å². The maximum atomic E-state index is 11.8. The standard InChI is InChI=1S/C15H30N4O2/c1-11(2)14(16)15(21)17-9-13(20)18-12(3)10-19-7-5-4-6-8-19/h11-12,14H,4-10,16H2,1-3H3,(H,17,21)(H,18,20)/t12?,14-/m0/s1. The molecule has 1 rings (SSSR count). The lowest BCUT2D eigenvalue weighted by Gasteiger charge is -2.29. The average molecular weight is 298 g/mol. The molecule has 0 aromatic heterocycles. The van der Waals surface area contributed by atoms with Gasteiger partial charge in [-0.1, -0.05) is 20.3 Å². The lowest BCUT2D eigenvalue weighted by atomic mass is 10.1. The van der Waals surface area contributed by atoms with Crippen molar-refractivity contribution in [2.45, 2.75) is 52.1 Å². The van der Waals surface area contributed by atoms with Gasteiger partial charge >= 0.3 is 0 Å². The Labute approximate surface area is 127 Å². The second-order valence-electron chi connectivity index (χ2n) is 6.32. The molecular weight excluding hydrogens is 268 g/mol.